The molecule has 0 aromatic carbocycles. The van der Waals surface area contributed by atoms with E-state index in [1.807, 2.05) is 0 Å². The smallest absolute Gasteiger partial charge is 0.141 e. The predicted molar refractivity (Wildman–Crippen MR) is 72.5 cm³/mol. The molecule has 0 aliphatic carbocycles. The van der Waals surface area contributed by atoms with E-state index >= 15 is 0 Å². The van der Waals surface area contributed by atoms with Gasteiger partial charge in [-0.3, -0.25) is 0 Å². The van der Waals surface area contributed by atoms with Crippen molar-refractivity contribution in [2.75, 3.05) is 18.2 Å². The third kappa shape index (κ3) is 2.21. The second kappa shape index (κ2) is 4.06. The maximum Gasteiger partial charge on any atom is 0.141 e. The average molecular weight is 280 g/mol. The average Bonchev–Trinajstić information content (AvgIpc) is 2.38. The molecule has 1 spiro atoms. The molecule has 2 aliphatic rings. The maximum absolute atomic E-state index is 13.5. The molecule has 0 saturated carbocycles. The molecule has 7 heteroatoms. The molecule has 15 heavy (non-hydrogen) atoms. The minimum atomic E-state index is -1.35. The number of hydrogen-bond acceptors (Lipinski definition) is 4. The molecule has 0 aromatic heterocycles. The van der Waals surface area contributed by atoms with Crippen LogP contribution in [0, 0.1) is 0 Å². The summed E-state index contributed by atoms with van der Waals surface area (Å²) in [5.41, 5.74) is -0.0864. The highest BCUT2D eigenvalue weighted by molar-refractivity contribution is 9.00. The van der Waals surface area contributed by atoms with E-state index in [0.717, 1.165) is 0 Å². The molecular formula is C8H11BFOPS3. The van der Waals surface area contributed by atoms with Crippen molar-refractivity contribution in [3.8, 4) is 0 Å². The second-order valence-corrected chi connectivity index (χ2v) is 16.7. The first-order valence-electron chi connectivity index (χ1n) is 4.50. The van der Waals surface area contributed by atoms with E-state index in [9.17, 15) is 4.39 Å². The summed E-state index contributed by atoms with van der Waals surface area (Å²) in [5.74, 6) is 1.39. The quantitative estimate of drug-likeness (QED) is 0.383. The molecule has 2 saturated heterocycles. The molecule has 2 radical (unpaired) electrons. The van der Waals surface area contributed by atoms with Gasteiger partial charge in [0.05, 0.1) is 10.4 Å². The molecular weight excluding hydrogens is 269 g/mol. The molecule has 2 rings (SSSR count). The Balaban J connectivity index is 2.17. The summed E-state index contributed by atoms with van der Waals surface area (Å²) in [4.78, 5) is 0. The lowest BCUT2D eigenvalue weighted by Gasteiger charge is -2.37. The van der Waals surface area contributed by atoms with Crippen LogP contribution < -0.4 is 0 Å². The first-order valence-corrected chi connectivity index (χ1v) is 10.9. The first-order chi connectivity index (χ1) is 6.86. The standard InChI is InChI=1S/C8H11BFOPS3/c1-5-6(10)7(9)11-8(5)3-14-12(2,13)15-4-8/h6-7H,1,3-4H2,2H3/t6?,7-,8?,12?/m1/s1. The van der Waals surface area contributed by atoms with Crippen molar-refractivity contribution in [3.63, 3.8) is 0 Å². The maximum atomic E-state index is 13.5. The van der Waals surface area contributed by atoms with Crippen LogP contribution in [0.4, 0.5) is 4.39 Å². The van der Waals surface area contributed by atoms with Gasteiger partial charge < -0.3 is 4.74 Å². The van der Waals surface area contributed by atoms with Crippen molar-refractivity contribution in [1.29, 1.82) is 0 Å². The molecule has 0 bridgehead atoms. The molecule has 2 heterocycles. The molecule has 0 N–H and O–H groups in total. The van der Waals surface area contributed by atoms with E-state index < -0.39 is 22.2 Å². The Labute approximate surface area is 104 Å². The fourth-order valence-corrected chi connectivity index (χ4v) is 8.87. The van der Waals surface area contributed by atoms with Gasteiger partial charge in [0.15, 0.2) is 0 Å². The zero-order chi connectivity index (χ0) is 11.3. The highest BCUT2D eigenvalue weighted by Crippen LogP contribution is 2.71. The van der Waals surface area contributed by atoms with Crippen LogP contribution in [0.15, 0.2) is 12.2 Å². The number of rotatable bonds is 0. The van der Waals surface area contributed by atoms with E-state index in [1.54, 1.807) is 22.8 Å². The van der Waals surface area contributed by atoms with Gasteiger partial charge in [-0.25, -0.2) is 4.39 Å². The largest absolute Gasteiger partial charge is 0.372 e. The van der Waals surface area contributed by atoms with Crippen LogP contribution in [0.3, 0.4) is 0 Å². The molecule has 1 unspecified atom stereocenters. The lowest BCUT2D eigenvalue weighted by Crippen LogP contribution is -2.38. The van der Waals surface area contributed by atoms with Gasteiger partial charge in [-0.1, -0.05) is 18.4 Å². The highest BCUT2D eigenvalue weighted by Gasteiger charge is 2.50. The fraction of sp³-hybridized carbons (Fsp3) is 0.750. The van der Waals surface area contributed by atoms with Crippen molar-refractivity contribution >= 4 is 46.9 Å². The van der Waals surface area contributed by atoms with E-state index in [4.69, 9.17) is 24.4 Å². The minimum Gasteiger partial charge on any atom is -0.372 e. The van der Waals surface area contributed by atoms with Crippen molar-refractivity contribution in [2.45, 2.75) is 17.8 Å². The van der Waals surface area contributed by atoms with Crippen molar-refractivity contribution in [1.82, 2.24) is 0 Å². The summed E-state index contributed by atoms with van der Waals surface area (Å²) in [6.07, 6.45) is -1.24. The van der Waals surface area contributed by atoms with Gasteiger partial charge in [0.1, 0.15) is 19.6 Å². The minimum absolute atomic E-state index is 0.490. The number of ether oxygens (including phenoxy) is 1. The van der Waals surface area contributed by atoms with E-state index in [2.05, 4.69) is 13.2 Å². The van der Waals surface area contributed by atoms with Crippen LogP contribution in [-0.4, -0.2) is 43.8 Å². The lowest BCUT2D eigenvalue weighted by atomic mass is 9.90. The zero-order valence-electron chi connectivity index (χ0n) is 8.31. The lowest BCUT2D eigenvalue weighted by molar-refractivity contribution is 0.0315. The van der Waals surface area contributed by atoms with Gasteiger partial charge in [-0.05, 0) is 12.2 Å². The third-order valence-electron chi connectivity index (χ3n) is 2.63. The van der Waals surface area contributed by atoms with Gasteiger partial charge in [0.25, 0.3) is 0 Å². The Kier molecular flexibility index (Phi) is 3.38. The van der Waals surface area contributed by atoms with E-state index in [1.165, 1.54) is 0 Å². The molecule has 1 nitrogen and oxygen atoms in total. The summed E-state index contributed by atoms with van der Waals surface area (Å²) in [5, 5.41) is 0. The van der Waals surface area contributed by atoms with Gasteiger partial charge >= 0.3 is 0 Å². The van der Waals surface area contributed by atoms with Crippen LogP contribution in [0.2, 0.25) is 0 Å². The number of alkyl halides is 1. The summed E-state index contributed by atoms with van der Waals surface area (Å²) < 4.78 is 17.7. The molecule has 0 amide bonds. The Morgan fingerprint density at radius 2 is 2.20 bits per heavy atom. The van der Waals surface area contributed by atoms with Gasteiger partial charge in [0.2, 0.25) is 0 Å². The van der Waals surface area contributed by atoms with Crippen LogP contribution >= 0.6 is 27.2 Å². The Hall–Kier alpha value is 1.04. The monoisotopic (exact) mass is 280 g/mol. The molecule has 2 aliphatic heterocycles. The summed E-state index contributed by atoms with van der Waals surface area (Å²) in [6, 6.07) is -0.855. The predicted octanol–water partition coefficient (Wildman–Crippen LogP) is 2.56. The normalized spacial score (nSPS) is 51.2. The topological polar surface area (TPSA) is 9.23 Å². The van der Waals surface area contributed by atoms with Gasteiger partial charge in [-0.2, -0.15) is 0 Å². The van der Waals surface area contributed by atoms with Crippen LogP contribution in [0.5, 0.6) is 0 Å². The molecule has 2 atom stereocenters. The fourth-order valence-electron chi connectivity index (χ4n) is 1.62. The highest BCUT2D eigenvalue weighted by atomic mass is 33.2. The molecule has 0 aromatic rings. The third-order valence-corrected chi connectivity index (χ3v) is 12.1. The summed E-state index contributed by atoms with van der Waals surface area (Å²) in [7, 11) is 5.55. The van der Waals surface area contributed by atoms with E-state index in [0.29, 0.717) is 17.1 Å². The van der Waals surface area contributed by atoms with Crippen molar-refractivity contribution in [2.24, 2.45) is 0 Å². The SMILES string of the molecule is [B][C@@H]1OC2(CSP(C)(=S)SC2)C(=C)C1F. The van der Waals surface area contributed by atoms with Crippen LogP contribution in [0.1, 0.15) is 0 Å². The van der Waals surface area contributed by atoms with Crippen LogP contribution in [0.25, 0.3) is 0 Å². The van der Waals surface area contributed by atoms with E-state index in [-0.39, 0.29) is 0 Å². The summed E-state index contributed by atoms with van der Waals surface area (Å²) in [6.45, 7) is 5.87. The zero-order valence-corrected chi connectivity index (χ0v) is 11.7. The van der Waals surface area contributed by atoms with Crippen molar-refractivity contribution in [3.05, 3.63) is 12.2 Å². The number of hydrogen-bond donors (Lipinski definition) is 0. The van der Waals surface area contributed by atoms with Crippen LogP contribution in [-0.2, 0) is 16.5 Å². The Morgan fingerprint density at radius 1 is 1.67 bits per heavy atom. The molecule has 2 fully saturated rings. The van der Waals surface area contributed by atoms with Crippen molar-refractivity contribution < 1.29 is 9.13 Å². The van der Waals surface area contributed by atoms with Gasteiger partial charge in [-0.15, -0.1) is 22.8 Å². The Bertz CT molecular complexity index is 339. The second-order valence-electron chi connectivity index (χ2n) is 3.82. The number of halogens is 1. The van der Waals surface area contributed by atoms with Gasteiger partial charge in [0, 0.05) is 11.5 Å². The molecule has 82 valence electrons. The first kappa shape index (κ1) is 12.5. The summed E-state index contributed by atoms with van der Waals surface area (Å²) >= 11 is 8.85. The Morgan fingerprint density at radius 3 is 2.60 bits per heavy atom.